The topological polar surface area (TPSA) is 50.4 Å². The van der Waals surface area contributed by atoms with Crippen molar-refractivity contribution in [1.29, 1.82) is 0 Å². The van der Waals surface area contributed by atoms with Crippen molar-refractivity contribution in [2.45, 2.75) is 38.8 Å². The van der Waals surface area contributed by atoms with Crippen molar-refractivity contribution in [2.75, 3.05) is 19.7 Å². The van der Waals surface area contributed by atoms with Gasteiger partial charge in [0.1, 0.15) is 0 Å². The average Bonchev–Trinajstić information content (AvgIpc) is 2.87. The summed E-state index contributed by atoms with van der Waals surface area (Å²) in [4.78, 5) is 12.1. The Bertz CT molecular complexity index is 257. The minimum absolute atomic E-state index is 0.0674. The molecule has 4 atom stereocenters. The summed E-state index contributed by atoms with van der Waals surface area (Å²) in [6.07, 6.45) is 1.93. The molecule has 0 aromatic heterocycles. The van der Waals surface area contributed by atoms with Crippen LogP contribution in [0.4, 0.5) is 0 Å². The summed E-state index contributed by atoms with van der Waals surface area (Å²) in [5, 5.41) is 6.45. The van der Waals surface area contributed by atoms with Crippen LogP contribution in [0.5, 0.6) is 0 Å². The molecule has 2 aliphatic rings. The van der Waals surface area contributed by atoms with E-state index in [0.717, 1.165) is 32.5 Å². The maximum Gasteiger partial charge on any atom is 0.226 e. The molecule has 0 aliphatic carbocycles. The van der Waals surface area contributed by atoms with Crippen LogP contribution >= 0.6 is 0 Å². The lowest BCUT2D eigenvalue weighted by molar-refractivity contribution is -0.127. The molecule has 2 aliphatic heterocycles. The molecule has 16 heavy (non-hydrogen) atoms. The van der Waals surface area contributed by atoms with E-state index in [1.54, 1.807) is 0 Å². The molecule has 0 bridgehead atoms. The molecule has 4 heteroatoms. The minimum Gasteiger partial charge on any atom is -0.377 e. The zero-order chi connectivity index (χ0) is 11.5. The number of hydrogen-bond acceptors (Lipinski definition) is 3. The molecule has 0 radical (unpaired) electrons. The second-order valence-corrected chi connectivity index (χ2v) is 4.96. The lowest BCUT2D eigenvalue weighted by Crippen LogP contribution is -2.44. The maximum atomic E-state index is 12.1. The molecule has 2 saturated heterocycles. The Morgan fingerprint density at radius 2 is 2.31 bits per heavy atom. The summed E-state index contributed by atoms with van der Waals surface area (Å²) in [6.45, 7) is 6.89. The number of amides is 1. The van der Waals surface area contributed by atoms with E-state index in [1.165, 1.54) is 0 Å². The number of hydrogen-bond donors (Lipinski definition) is 2. The molecule has 0 aromatic rings. The molecule has 4 unspecified atom stereocenters. The van der Waals surface area contributed by atoms with Gasteiger partial charge in [0, 0.05) is 19.2 Å². The van der Waals surface area contributed by atoms with Gasteiger partial charge in [-0.25, -0.2) is 0 Å². The number of carbonyl (C=O) groups is 1. The Morgan fingerprint density at radius 1 is 1.50 bits per heavy atom. The molecule has 2 rings (SSSR count). The first-order valence-corrected chi connectivity index (χ1v) is 6.35. The molecule has 4 nitrogen and oxygen atoms in total. The van der Waals surface area contributed by atoms with Gasteiger partial charge in [0.05, 0.1) is 12.0 Å². The highest BCUT2D eigenvalue weighted by Crippen LogP contribution is 2.24. The molecule has 2 N–H and O–H groups in total. The summed E-state index contributed by atoms with van der Waals surface area (Å²) < 4.78 is 5.55. The maximum absolute atomic E-state index is 12.1. The molecular weight excluding hydrogens is 204 g/mol. The van der Waals surface area contributed by atoms with Gasteiger partial charge >= 0.3 is 0 Å². The lowest BCUT2D eigenvalue weighted by Gasteiger charge is -2.21. The van der Waals surface area contributed by atoms with E-state index in [4.69, 9.17) is 4.74 Å². The van der Waals surface area contributed by atoms with Crippen LogP contribution in [0.25, 0.3) is 0 Å². The average molecular weight is 226 g/mol. The molecule has 1 amide bonds. The standard InChI is InChI=1S/C12H22N2O2/c1-3-11-9(4-5-16-11)12(15)14-10-7-13-6-8(10)2/h8-11,13H,3-7H2,1-2H3,(H,14,15). The van der Waals surface area contributed by atoms with Crippen LogP contribution in [0.1, 0.15) is 26.7 Å². The van der Waals surface area contributed by atoms with Crippen LogP contribution in [0.2, 0.25) is 0 Å². The second kappa shape index (κ2) is 5.15. The van der Waals surface area contributed by atoms with Gasteiger partial charge in [-0.15, -0.1) is 0 Å². The Labute approximate surface area is 97.1 Å². The number of nitrogens with one attached hydrogen (secondary N) is 2. The summed E-state index contributed by atoms with van der Waals surface area (Å²) >= 11 is 0. The molecular formula is C12H22N2O2. The Hall–Kier alpha value is -0.610. The predicted molar refractivity (Wildman–Crippen MR) is 62.1 cm³/mol. The van der Waals surface area contributed by atoms with E-state index in [9.17, 15) is 4.79 Å². The monoisotopic (exact) mass is 226 g/mol. The van der Waals surface area contributed by atoms with Gasteiger partial charge in [-0.2, -0.15) is 0 Å². The molecule has 2 heterocycles. The molecule has 2 fully saturated rings. The van der Waals surface area contributed by atoms with Crippen molar-refractivity contribution in [3.63, 3.8) is 0 Å². The predicted octanol–water partition coefficient (Wildman–Crippen LogP) is 0.526. The van der Waals surface area contributed by atoms with Crippen LogP contribution < -0.4 is 10.6 Å². The van der Waals surface area contributed by atoms with Crippen molar-refractivity contribution in [3.05, 3.63) is 0 Å². The molecule has 0 aromatic carbocycles. The van der Waals surface area contributed by atoms with Crippen LogP contribution in [-0.2, 0) is 9.53 Å². The van der Waals surface area contributed by atoms with Gasteiger partial charge in [0.2, 0.25) is 5.91 Å². The highest BCUT2D eigenvalue weighted by atomic mass is 16.5. The van der Waals surface area contributed by atoms with E-state index in [0.29, 0.717) is 12.0 Å². The third kappa shape index (κ3) is 2.38. The Balaban J connectivity index is 1.87. The second-order valence-electron chi connectivity index (χ2n) is 4.96. The van der Waals surface area contributed by atoms with Crippen LogP contribution in [0.3, 0.4) is 0 Å². The summed E-state index contributed by atoms with van der Waals surface area (Å²) in [5.41, 5.74) is 0. The van der Waals surface area contributed by atoms with Crippen molar-refractivity contribution in [2.24, 2.45) is 11.8 Å². The van der Waals surface area contributed by atoms with E-state index < -0.39 is 0 Å². The fourth-order valence-electron chi connectivity index (χ4n) is 2.64. The number of ether oxygens (including phenoxy) is 1. The zero-order valence-electron chi connectivity index (χ0n) is 10.2. The zero-order valence-corrected chi connectivity index (χ0v) is 10.2. The normalized spacial score (nSPS) is 38.9. The Kier molecular flexibility index (Phi) is 3.82. The summed E-state index contributed by atoms with van der Waals surface area (Å²) in [5.74, 6) is 0.786. The van der Waals surface area contributed by atoms with Gasteiger partial charge in [-0.3, -0.25) is 4.79 Å². The fraction of sp³-hybridized carbons (Fsp3) is 0.917. The van der Waals surface area contributed by atoms with E-state index in [-0.39, 0.29) is 17.9 Å². The third-order valence-corrected chi connectivity index (χ3v) is 3.79. The fourth-order valence-corrected chi connectivity index (χ4v) is 2.64. The van der Waals surface area contributed by atoms with Crippen molar-refractivity contribution in [3.8, 4) is 0 Å². The molecule has 0 saturated carbocycles. The molecule has 0 spiro atoms. The summed E-state index contributed by atoms with van der Waals surface area (Å²) in [6, 6.07) is 0.297. The van der Waals surface area contributed by atoms with Crippen molar-refractivity contribution < 1.29 is 9.53 Å². The lowest BCUT2D eigenvalue weighted by atomic mass is 9.97. The van der Waals surface area contributed by atoms with Gasteiger partial charge in [0.15, 0.2) is 0 Å². The van der Waals surface area contributed by atoms with Gasteiger partial charge in [-0.05, 0) is 25.3 Å². The van der Waals surface area contributed by atoms with Crippen molar-refractivity contribution >= 4 is 5.91 Å². The van der Waals surface area contributed by atoms with Gasteiger partial charge < -0.3 is 15.4 Å². The first kappa shape index (κ1) is 11.9. The van der Waals surface area contributed by atoms with Crippen LogP contribution in [-0.4, -0.2) is 37.7 Å². The van der Waals surface area contributed by atoms with Crippen LogP contribution in [0.15, 0.2) is 0 Å². The van der Waals surface area contributed by atoms with Crippen molar-refractivity contribution in [1.82, 2.24) is 10.6 Å². The summed E-state index contributed by atoms with van der Waals surface area (Å²) in [7, 11) is 0. The van der Waals surface area contributed by atoms with Gasteiger partial charge in [-0.1, -0.05) is 13.8 Å². The van der Waals surface area contributed by atoms with Gasteiger partial charge in [0.25, 0.3) is 0 Å². The van der Waals surface area contributed by atoms with E-state index in [2.05, 4.69) is 24.5 Å². The van der Waals surface area contributed by atoms with E-state index in [1.807, 2.05) is 0 Å². The third-order valence-electron chi connectivity index (χ3n) is 3.79. The van der Waals surface area contributed by atoms with E-state index >= 15 is 0 Å². The largest absolute Gasteiger partial charge is 0.377 e. The highest BCUT2D eigenvalue weighted by Gasteiger charge is 2.35. The first-order chi connectivity index (χ1) is 7.72. The SMILES string of the molecule is CCC1OCCC1C(=O)NC1CNCC1C. The highest BCUT2D eigenvalue weighted by molar-refractivity contribution is 5.79. The quantitative estimate of drug-likeness (QED) is 0.738. The minimum atomic E-state index is 0.0674. The van der Waals surface area contributed by atoms with Crippen LogP contribution in [0, 0.1) is 11.8 Å². The number of rotatable bonds is 3. The smallest absolute Gasteiger partial charge is 0.226 e. The molecule has 92 valence electrons. The first-order valence-electron chi connectivity index (χ1n) is 6.35. The number of carbonyl (C=O) groups excluding carboxylic acids is 1. The Morgan fingerprint density at radius 3 is 2.94 bits per heavy atom.